The topological polar surface area (TPSA) is 0 Å². The van der Waals surface area contributed by atoms with E-state index in [1.54, 1.807) is 32.1 Å². The van der Waals surface area contributed by atoms with Gasteiger partial charge in [-0.1, -0.05) is 32.6 Å². The van der Waals surface area contributed by atoms with Gasteiger partial charge in [0.25, 0.3) is 0 Å². The third-order valence-electron chi connectivity index (χ3n) is 3.80. The Morgan fingerprint density at radius 1 is 1.00 bits per heavy atom. The van der Waals surface area contributed by atoms with Crippen molar-refractivity contribution in [1.29, 1.82) is 0 Å². The van der Waals surface area contributed by atoms with Gasteiger partial charge in [-0.15, -0.1) is 0 Å². The van der Waals surface area contributed by atoms with Crippen LogP contribution >= 0.6 is 0 Å². The maximum atomic E-state index is 9.50. The quantitative estimate of drug-likeness (QED) is 0.575. The van der Waals surface area contributed by atoms with E-state index in [1.807, 2.05) is 0 Å². The molecule has 0 saturated heterocycles. The summed E-state index contributed by atoms with van der Waals surface area (Å²) in [5.74, 6) is 3.36. The van der Waals surface area contributed by atoms with Crippen LogP contribution in [0.3, 0.4) is 0 Å². The fourth-order valence-electron chi connectivity index (χ4n) is 3.20. The first-order valence-corrected chi connectivity index (χ1v) is 5.76. The molecular weight excluding hydrogens is 163 g/mol. The highest BCUT2D eigenvalue weighted by Crippen LogP contribution is 2.43. The molecule has 0 spiro atoms. The summed E-state index contributed by atoms with van der Waals surface area (Å²) in [5, 5.41) is 0. The van der Waals surface area contributed by atoms with Gasteiger partial charge >= 0.3 is 0 Å². The molecule has 2 fully saturated rings. The third kappa shape index (κ3) is 2.96. The highest BCUT2D eigenvalue weighted by atomic mass is 19.1. The second-order valence-corrected chi connectivity index (χ2v) is 4.64. The zero-order valence-corrected chi connectivity index (χ0v) is 9.06. The van der Waals surface area contributed by atoms with Crippen molar-refractivity contribution in [2.75, 3.05) is 7.18 Å². The molecule has 0 aromatic carbocycles. The minimum absolute atomic E-state index is 0.500. The van der Waals surface area contributed by atoms with Gasteiger partial charge in [0.05, 0.1) is 7.18 Å². The van der Waals surface area contributed by atoms with Crippen LogP contribution in [-0.4, -0.2) is 7.18 Å². The van der Waals surface area contributed by atoms with Crippen LogP contribution in [0, 0.1) is 17.8 Å². The SMILES string of the molecule is CCC1CC2CCCC(C1)C2.CF. The lowest BCUT2D eigenvalue weighted by atomic mass is 9.67. The van der Waals surface area contributed by atoms with Gasteiger partial charge in [-0.05, 0) is 37.0 Å². The van der Waals surface area contributed by atoms with Crippen LogP contribution in [0.15, 0.2) is 0 Å². The van der Waals surface area contributed by atoms with E-state index < -0.39 is 0 Å². The molecule has 2 bridgehead atoms. The van der Waals surface area contributed by atoms with Crippen molar-refractivity contribution in [2.24, 2.45) is 17.8 Å². The van der Waals surface area contributed by atoms with Crippen molar-refractivity contribution in [1.82, 2.24) is 0 Å². The van der Waals surface area contributed by atoms with E-state index in [1.165, 1.54) is 12.8 Å². The Morgan fingerprint density at radius 3 is 2.00 bits per heavy atom. The Bertz CT molecular complexity index is 121. The molecule has 1 heteroatoms. The van der Waals surface area contributed by atoms with Gasteiger partial charge in [-0.3, -0.25) is 4.39 Å². The molecule has 2 rings (SSSR count). The Labute approximate surface area is 81.9 Å². The number of hydrogen-bond donors (Lipinski definition) is 0. The van der Waals surface area contributed by atoms with Crippen LogP contribution in [-0.2, 0) is 0 Å². The smallest absolute Gasteiger partial charge is 0.0785 e. The number of fused-ring (bicyclic) bond motifs is 2. The molecule has 2 aliphatic carbocycles. The first-order chi connectivity index (χ1) is 6.38. The van der Waals surface area contributed by atoms with Crippen molar-refractivity contribution in [3.8, 4) is 0 Å². The van der Waals surface area contributed by atoms with Crippen LogP contribution in [0.25, 0.3) is 0 Å². The lowest BCUT2D eigenvalue weighted by molar-refractivity contribution is 0.135. The zero-order valence-electron chi connectivity index (χ0n) is 9.06. The Balaban J connectivity index is 0.000000396. The molecule has 0 aromatic rings. The minimum Gasteiger partial charge on any atom is -0.255 e. The second-order valence-electron chi connectivity index (χ2n) is 4.64. The standard InChI is InChI=1S/C11H20.CH3F/c1-2-9-6-10-4-3-5-11(7-9)8-10;1-2/h9-11H,2-8H2,1H3;1H3. The average Bonchev–Trinajstić information content (AvgIpc) is 2.20. The Morgan fingerprint density at radius 2 is 1.54 bits per heavy atom. The largest absolute Gasteiger partial charge is 0.255 e. The predicted molar refractivity (Wildman–Crippen MR) is 55.5 cm³/mol. The number of alkyl halides is 1. The molecule has 0 aromatic heterocycles. The molecule has 13 heavy (non-hydrogen) atoms. The Hall–Kier alpha value is -0.0700. The fourth-order valence-corrected chi connectivity index (χ4v) is 3.20. The Kier molecular flexibility index (Phi) is 4.76. The molecular formula is C12H23F. The summed E-state index contributed by atoms with van der Waals surface area (Å²) in [6, 6.07) is 0. The second kappa shape index (κ2) is 5.62. The van der Waals surface area contributed by atoms with E-state index in [4.69, 9.17) is 0 Å². The normalized spacial score (nSPS) is 37.6. The molecule has 0 N–H and O–H groups in total. The summed E-state index contributed by atoms with van der Waals surface area (Å²) in [5.41, 5.74) is 0. The van der Waals surface area contributed by atoms with Gasteiger partial charge < -0.3 is 0 Å². The first-order valence-electron chi connectivity index (χ1n) is 5.76. The van der Waals surface area contributed by atoms with E-state index in [9.17, 15) is 4.39 Å². The van der Waals surface area contributed by atoms with Crippen molar-refractivity contribution >= 4 is 0 Å². The van der Waals surface area contributed by atoms with Crippen LogP contribution < -0.4 is 0 Å². The van der Waals surface area contributed by atoms with Gasteiger partial charge in [0.2, 0.25) is 0 Å². The minimum atomic E-state index is 0.500. The molecule has 0 nitrogen and oxygen atoms in total. The lowest BCUT2D eigenvalue weighted by Gasteiger charge is -2.38. The summed E-state index contributed by atoms with van der Waals surface area (Å²) in [7, 11) is 0.500. The fraction of sp³-hybridized carbons (Fsp3) is 1.00. The van der Waals surface area contributed by atoms with E-state index in [-0.39, 0.29) is 0 Å². The summed E-state index contributed by atoms with van der Waals surface area (Å²) in [4.78, 5) is 0. The molecule has 2 atom stereocenters. The van der Waals surface area contributed by atoms with Crippen LogP contribution in [0.4, 0.5) is 4.39 Å². The van der Waals surface area contributed by atoms with Crippen LogP contribution in [0.2, 0.25) is 0 Å². The van der Waals surface area contributed by atoms with E-state index >= 15 is 0 Å². The van der Waals surface area contributed by atoms with E-state index in [0.29, 0.717) is 7.18 Å². The van der Waals surface area contributed by atoms with Crippen molar-refractivity contribution in [3.05, 3.63) is 0 Å². The number of hydrogen-bond acceptors (Lipinski definition) is 0. The molecule has 0 radical (unpaired) electrons. The van der Waals surface area contributed by atoms with Crippen molar-refractivity contribution < 1.29 is 4.39 Å². The molecule has 0 heterocycles. The zero-order chi connectivity index (χ0) is 9.68. The molecule has 2 unspecified atom stereocenters. The molecule has 2 saturated carbocycles. The van der Waals surface area contributed by atoms with Crippen LogP contribution in [0.5, 0.6) is 0 Å². The van der Waals surface area contributed by atoms with E-state index in [0.717, 1.165) is 17.8 Å². The van der Waals surface area contributed by atoms with Crippen LogP contribution in [0.1, 0.15) is 51.9 Å². The first kappa shape index (κ1) is 11.0. The predicted octanol–water partition coefficient (Wildman–Crippen LogP) is 4.20. The summed E-state index contributed by atoms with van der Waals surface area (Å²) >= 11 is 0. The molecule has 0 aliphatic heterocycles. The number of halogens is 1. The van der Waals surface area contributed by atoms with Crippen molar-refractivity contribution in [3.63, 3.8) is 0 Å². The summed E-state index contributed by atoms with van der Waals surface area (Å²) in [6.07, 6.45) is 10.8. The van der Waals surface area contributed by atoms with Gasteiger partial charge in [-0.2, -0.15) is 0 Å². The average molecular weight is 186 g/mol. The molecule has 2 aliphatic rings. The summed E-state index contributed by atoms with van der Waals surface area (Å²) < 4.78 is 9.50. The maximum Gasteiger partial charge on any atom is 0.0785 e. The maximum absolute atomic E-state index is 9.50. The third-order valence-corrected chi connectivity index (χ3v) is 3.80. The highest BCUT2D eigenvalue weighted by Gasteiger charge is 2.30. The van der Waals surface area contributed by atoms with Gasteiger partial charge in [-0.25, -0.2) is 0 Å². The lowest BCUT2D eigenvalue weighted by Crippen LogP contribution is -2.26. The molecule has 78 valence electrons. The monoisotopic (exact) mass is 186 g/mol. The van der Waals surface area contributed by atoms with Gasteiger partial charge in [0.15, 0.2) is 0 Å². The van der Waals surface area contributed by atoms with Gasteiger partial charge in [0.1, 0.15) is 0 Å². The van der Waals surface area contributed by atoms with Gasteiger partial charge in [0, 0.05) is 0 Å². The van der Waals surface area contributed by atoms with Crippen molar-refractivity contribution in [2.45, 2.75) is 51.9 Å². The van der Waals surface area contributed by atoms with E-state index in [2.05, 4.69) is 6.92 Å². The highest BCUT2D eigenvalue weighted by molar-refractivity contribution is 4.82. The summed E-state index contributed by atoms with van der Waals surface area (Å²) in [6.45, 7) is 2.37. The molecule has 0 amide bonds. The number of rotatable bonds is 1.